The monoisotopic (exact) mass is 377 g/mol. The zero-order chi connectivity index (χ0) is 12.5. The Bertz CT molecular complexity index is 409. The van der Waals surface area contributed by atoms with Gasteiger partial charge < -0.3 is 10.6 Å². The van der Waals surface area contributed by atoms with E-state index in [-0.39, 0.29) is 24.0 Å². The fourth-order valence-corrected chi connectivity index (χ4v) is 1.46. The Morgan fingerprint density at radius 3 is 2.56 bits per heavy atom. The average Bonchev–Trinajstić information content (AvgIpc) is 2.36. The summed E-state index contributed by atoms with van der Waals surface area (Å²) in [5, 5.41) is 6.93. The fourth-order valence-electron chi connectivity index (χ4n) is 1.33. The number of nitrogens with one attached hydrogen (secondary N) is 2. The molecule has 0 heterocycles. The minimum atomic E-state index is 0. The molecule has 0 fully saturated rings. The Morgan fingerprint density at radius 2 is 2.00 bits per heavy atom. The summed E-state index contributed by atoms with van der Waals surface area (Å²) in [6.45, 7) is 1.27. The van der Waals surface area contributed by atoms with Crippen LogP contribution in [0.3, 0.4) is 0 Å². The van der Waals surface area contributed by atoms with Gasteiger partial charge in [-0.3, -0.25) is 4.99 Å². The molecule has 0 radical (unpaired) electrons. The van der Waals surface area contributed by atoms with E-state index in [9.17, 15) is 0 Å². The van der Waals surface area contributed by atoms with Crippen LogP contribution in [0, 0.1) is 12.3 Å². The van der Waals surface area contributed by atoms with Crippen molar-refractivity contribution in [1.29, 1.82) is 0 Å². The van der Waals surface area contributed by atoms with Gasteiger partial charge in [0, 0.05) is 18.6 Å². The molecule has 0 aliphatic carbocycles. The highest BCUT2D eigenvalue weighted by Crippen LogP contribution is 2.09. The van der Waals surface area contributed by atoms with Crippen LogP contribution in [0.25, 0.3) is 0 Å². The van der Waals surface area contributed by atoms with E-state index in [0.717, 1.165) is 23.9 Å². The predicted octanol–water partition coefficient (Wildman–Crippen LogP) is 2.30. The van der Waals surface area contributed by atoms with E-state index in [1.807, 2.05) is 24.3 Å². The van der Waals surface area contributed by atoms with Crippen molar-refractivity contribution in [3.05, 3.63) is 34.9 Å². The van der Waals surface area contributed by atoms with E-state index >= 15 is 0 Å². The van der Waals surface area contributed by atoms with Crippen LogP contribution in [0.1, 0.15) is 5.56 Å². The van der Waals surface area contributed by atoms with Crippen LogP contribution < -0.4 is 10.6 Å². The number of rotatable bonds is 4. The van der Waals surface area contributed by atoms with Crippen molar-refractivity contribution >= 4 is 41.5 Å². The molecular weight excluding hydrogens is 361 g/mol. The first-order chi connectivity index (χ1) is 8.26. The first kappa shape index (κ1) is 17.1. The second kappa shape index (κ2) is 10.0. The lowest BCUT2D eigenvalue weighted by atomic mass is 10.1. The van der Waals surface area contributed by atoms with Crippen molar-refractivity contribution in [2.45, 2.75) is 6.42 Å². The normalized spacial score (nSPS) is 10.2. The average molecular weight is 378 g/mol. The molecule has 0 unspecified atom stereocenters. The van der Waals surface area contributed by atoms with Gasteiger partial charge in [0.2, 0.25) is 0 Å². The lowest BCUT2D eigenvalue weighted by molar-refractivity contribution is 0.824. The number of nitrogens with zero attached hydrogens (tertiary/aromatic N) is 1. The largest absolute Gasteiger partial charge is 0.356 e. The van der Waals surface area contributed by atoms with Crippen LogP contribution in [-0.2, 0) is 6.42 Å². The van der Waals surface area contributed by atoms with Crippen molar-refractivity contribution in [3.8, 4) is 12.3 Å². The molecule has 1 aromatic carbocycles. The first-order valence-electron chi connectivity index (χ1n) is 5.38. The van der Waals surface area contributed by atoms with Crippen molar-refractivity contribution in [2.75, 3.05) is 20.1 Å². The Balaban J connectivity index is 0.00000289. The molecule has 0 spiro atoms. The summed E-state index contributed by atoms with van der Waals surface area (Å²) in [5.74, 6) is 3.22. The van der Waals surface area contributed by atoms with Gasteiger partial charge in [-0.25, -0.2) is 0 Å². The van der Waals surface area contributed by atoms with E-state index in [1.165, 1.54) is 5.56 Å². The summed E-state index contributed by atoms with van der Waals surface area (Å²) in [5.41, 5.74) is 1.23. The van der Waals surface area contributed by atoms with E-state index < -0.39 is 0 Å². The number of aliphatic imine (C=N–C) groups is 1. The molecule has 5 heteroatoms. The Labute approximate surface area is 130 Å². The maximum atomic E-state index is 5.81. The standard InChI is InChI=1S/C13H16ClN3.HI/c1-3-9-16-13(15-2)17-10-8-11-4-6-12(14)7-5-11;/h1,4-7H,8-10H2,2H3,(H2,15,16,17);1H. The molecular formula is C13H17ClIN3. The van der Waals surface area contributed by atoms with E-state index in [0.29, 0.717) is 6.54 Å². The zero-order valence-electron chi connectivity index (χ0n) is 10.2. The van der Waals surface area contributed by atoms with Crippen molar-refractivity contribution in [3.63, 3.8) is 0 Å². The molecule has 2 N–H and O–H groups in total. The number of terminal acetylenes is 1. The lowest BCUT2D eigenvalue weighted by Crippen LogP contribution is -2.38. The third-order valence-electron chi connectivity index (χ3n) is 2.20. The van der Waals surface area contributed by atoms with Crippen LogP contribution in [0.5, 0.6) is 0 Å². The van der Waals surface area contributed by atoms with Crippen LogP contribution in [0.2, 0.25) is 5.02 Å². The Hall–Kier alpha value is -0.930. The second-order valence-electron chi connectivity index (χ2n) is 3.43. The Kier molecular flexibility index (Phi) is 9.52. The smallest absolute Gasteiger partial charge is 0.191 e. The van der Waals surface area contributed by atoms with Crippen molar-refractivity contribution < 1.29 is 0 Å². The van der Waals surface area contributed by atoms with Crippen LogP contribution >= 0.6 is 35.6 Å². The summed E-state index contributed by atoms with van der Waals surface area (Å²) < 4.78 is 0. The van der Waals surface area contributed by atoms with Gasteiger partial charge in [0.1, 0.15) is 0 Å². The summed E-state index contributed by atoms with van der Waals surface area (Å²) in [6, 6.07) is 7.81. The van der Waals surface area contributed by atoms with Gasteiger partial charge in [0.15, 0.2) is 5.96 Å². The van der Waals surface area contributed by atoms with Gasteiger partial charge in [-0.2, -0.15) is 0 Å². The molecule has 1 aromatic rings. The molecule has 0 aromatic heterocycles. The number of benzene rings is 1. The van der Waals surface area contributed by atoms with Gasteiger partial charge >= 0.3 is 0 Å². The van der Waals surface area contributed by atoms with E-state index in [4.69, 9.17) is 18.0 Å². The van der Waals surface area contributed by atoms with Gasteiger partial charge in [0.25, 0.3) is 0 Å². The van der Waals surface area contributed by atoms with Crippen LogP contribution in [-0.4, -0.2) is 26.1 Å². The van der Waals surface area contributed by atoms with E-state index in [1.54, 1.807) is 7.05 Å². The van der Waals surface area contributed by atoms with Crippen molar-refractivity contribution in [1.82, 2.24) is 10.6 Å². The quantitative estimate of drug-likeness (QED) is 0.366. The second-order valence-corrected chi connectivity index (χ2v) is 3.87. The number of halogens is 2. The highest BCUT2D eigenvalue weighted by Gasteiger charge is 1.96. The SMILES string of the molecule is C#CCNC(=NC)NCCc1ccc(Cl)cc1.I. The minimum Gasteiger partial charge on any atom is -0.356 e. The fraction of sp³-hybridized carbons (Fsp3) is 0.308. The highest BCUT2D eigenvalue weighted by atomic mass is 127. The highest BCUT2D eigenvalue weighted by molar-refractivity contribution is 14.0. The van der Waals surface area contributed by atoms with Gasteiger partial charge in [0.05, 0.1) is 6.54 Å². The third kappa shape index (κ3) is 6.72. The minimum absolute atomic E-state index is 0. The molecule has 0 saturated heterocycles. The summed E-state index contributed by atoms with van der Waals surface area (Å²) in [4.78, 5) is 4.05. The van der Waals surface area contributed by atoms with Crippen LogP contribution in [0.15, 0.2) is 29.3 Å². The molecule has 3 nitrogen and oxygen atoms in total. The molecule has 0 amide bonds. The summed E-state index contributed by atoms with van der Waals surface area (Å²) >= 11 is 5.81. The molecule has 0 aliphatic heterocycles. The molecule has 98 valence electrons. The Morgan fingerprint density at radius 1 is 1.33 bits per heavy atom. The molecule has 1 rings (SSSR count). The predicted molar refractivity (Wildman–Crippen MR) is 88.8 cm³/mol. The summed E-state index contributed by atoms with van der Waals surface area (Å²) in [6.07, 6.45) is 6.07. The lowest BCUT2D eigenvalue weighted by Gasteiger charge is -2.09. The third-order valence-corrected chi connectivity index (χ3v) is 2.45. The van der Waals surface area contributed by atoms with Crippen LogP contribution in [0.4, 0.5) is 0 Å². The first-order valence-corrected chi connectivity index (χ1v) is 5.76. The maximum Gasteiger partial charge on any atom is 0.191 e. The van der Waals surface area contributed by atoms with Gasteiger partial charge in [-0.15, -0.1) is 30.4 Å². The molecule has 0 atom stereocenters. The zero-order valence-corrected chi connectivity index (χ0v) is 13.3. The topological polar surface area (TPSA) is 36.4 Å². The molecule has 0 saturated carbocycles. The van der Waals surface area contributed by atoms with Crippen molar-refractivity contribution in [2.24, 2.45) is 4.99 Å². The number of guanidine groups is 1. The van der Waals surface area contributed by atoms with Gasteiger partial charge in [-0.1, -0.05) is 29.7 Å². The summed E-state index contributed by atoms with van der Waals surface area (Å²) in [7, 11) is 1.72. The maximum absolute atomic E-state index is 5.81. The van der Waals surface area contributed by atoms with E-state index in [2.05, 4.69) is 21.5 Å². The van der Waals surface area contributed by atoms with Gasteiger partial charge in [-0.05, 0) is 24.1 Å². The number of hydrogen-bond donors (Lipinski definition) is 2. The molecule has 18 heavy (non-hydrogen) atoms. The number of hydrogen-bond acceptors (Lipinski definition) is 1. The molecule has 0 aliphatic rings. The molecule has 0 bridgehead atoms.